The maximum absolute atomic E-state index is 4.66. The number of para-hydroxylation sites is 2. The van der Waals surface area contributed by atoms with Crippen LogP contribution in [-0.2, 0) is 43.3 Å². The Labute approximate surface area is 261 Å². The molecule has 2 saturated carbocycles. The van der Waals surface area contributed by atoms with Gasteiger partial charge >= 0.3 is 43.3 Å². The Balaban J connectivity index is -0.000000130. The third-order valence-electron chi connectivity index (χ3n) is 4.83. The Morgan fingerprint density at radius 3 is 1.00 bits per heavy atom. The largest absolute Gasteiger partial charge is 4.00 e. The van der Waals surface area contributed by atoms with Crippen LogP contribution in [0.3, 0.4) is 0 Å². The summed E-state index contributed by atoms with van der Waals surface area (Å²) in [5.74, 6) is 0. The van der Waals surface area contributed by atoms with Crippen LogP contribution in [0.2, 0.25) is 0 Å². The average molecular weight is 631 g/mol. The van der Waals surface area contributed by atoms with E-state index in [0.717, 1.165) is 11.4 Å². The Kier molecular flexibility index (Phi) is 44.1. The minimum absolute atomic E-state index is 0. The monoisotopic (exact) mass is 629 g/mol. The Hall–Kier alpha value is -0.677. The molecule has 0 bridgehead atoms. The molecular formula is C30H53FeN5Zr. The Morgan fingerprint density at radius 1 is 0.568 bits per heavy atom. The zero-order valence-electron chi connectivity index (χ0n) is 24.7. The first-order valence-electron chi connectivity index (χ1n) is 12.2. The quantitative estimate of drug-likeness (QED) is 0.266. The molecule has 0 unspecified atom stereocenters. The van der Waals surface area contributed by atoms with Crippen molar-refractivity contribution in [3.63, 3.8) is 0 Å². The van der Waals surface area contributed by atoms with Crippen LogP contribution >= 0.6 is 0 Å². The molecule has 0 aromatic heterocycles. The van der Waals surface area contributed by atoms with Crippen LogP contribution in [-0.4, -0.2) is 54.4 Å². The fourth-order valence-corrected chi connectivity index (χ4v) is 3.52. The van der Waals surface area contributed by atoms with Crippen molar-refractivity contribution in [2.24, 2.45) is 0 Å². The van der Waals surface area contributed by atoms with Crippen molar-refractivity contribution in [3.05, 3.63) is 96.8 Å². The smallest absolute Gasteiger partial charge is 0.682 e. The molecule has 2 aliphatic carbocycles. The van der Waals surface area contributed by atoms with Crippen LogP contribution in [0.15, 0.2) is 60.7 Å². The van der Waals surface area contributed by atoms with Crippen molar-refractivity contribution >= 4 is 11.4 Å². The molecule has 2 aromatic rings. The molecule has 2 fully saturated rings. The summed E-state index contributed by atoms with van der Waals surface area (Å²) in [6.45, 7) is 0. The predicted molar refractivity (Wildman–Crippen MR) is 162 cm³/mol. The van der Waals surface area contributed by atoms with E-state index in [1.165, 1.54) is 51.4 Å². The van der Waals surface area contributed by atoms with Crippen molar-refractivity contribution in [1.29, 1.82) is 0 Å². The van der Waals surface area contributed by atoms with E-state index in [2.05, 4.69) is 50.8 Å². The summed E-state index contributed by atoms with van der Waals surface area (Å²) in [6, 6.07) is 21.8. The fourth-order valence-electron chi connectivity index (χ4n) is 3.52. The zero-order valence-corrected chi connectivity index (χ0v) is 28.3. The molecule has 210 valence electrons. The molecule has 0 atom stereocenters. The molecule has 0 spiro atoms. The number of benzene rings is 2. The summed E-state index contributed by atoms with van der Waals surface area (Å²) in [6.07, 6.45) is 10.6. The number of hydrogen-bond acceptors (Lipinski definition) is 1. The van der Waals surface area contributed by atoms with Crippen molar-refractivity contribution in [1.82, 2.24) is 5.32 Å². The van der Waals surface area contributed by atoms with Crippen LogP contribution in [0.5, 0.6) is 0 Å². The first kappa shape index (κ1) is 46.2. The van der Waals surface area contributed by atoms with E-state index in [1.54, 1.807) is 28.2 Å². The van der Waals surface area contributed by atoms with Crippen molar-refractivity contribution in [2.45, 2.75) is 63.5 Å². The van der Waals surface area contributed by atoms with Crippen molar-refractivity contribution in [3.8, 4) is 0 Å². The van der Waals surface area contributed by atoms with Gasteiger partial charge in [0.15, 0.2) is 0 Å². The summed E-state index contributed by atoms with van der Waals surface area (Å²) in [4.78, 5) is 0. The molecule has 0 heterocycles. The maximum atomic E-state index is 4.66. The maximum Gasteiger partial charge on any atom is 4.00 e. The van der Waals surface area contributed by atoms with E-state index in [1.807, 2.05) is 50.5 Å². The predicted octanol–water partition coefficient (Wildman–Crippen LogP) is 9.24. The van der Waals surface area contributed by atoms with Crippen LogP contribution in [0, 0.1) is 14.9 Å². The van der Waals surface area contributed by atoms with Crippen LogP contribution in [0.1, 0.15) is 51.4 Å². The molecule has 0 aliphatic heterocycles. The third kappa shape index (κ3) is 28.2. The number of nitrogens with zero attached hydrogens (tertiary/aromatic N) is 4. The molecule has 4 rings (SSSR count). The van der Waals surface area contributed by atoms with Gasteiger partial charge in [-0.25, -0.2) is 0 Å². The first-order valence-corrected chi connectivity index (χ1v) is 12.2. The van der Waals surface area contributed by atoms with E-state index in [4.69, 9.17) is 0 Å². The van der Waals surface area contributed by atoms with Crippen LogP contribution in [0.25, 0.3) is 21.3 Å². The molecule has 0 saturated heterocycles. The average Bonchev–Trinajstić information content (AvgIpc) is 3.52. The molecule has 37 heavy (non-hydrogen) atoms. The third-order valence-corrected chi connectivity index (χ3v) is 4.83. The molecule has 0 radical (unpaired) electrons. The van der Waals surface area contributed by atoms with E-state index in [-0.39, 0.29) is 58.1 Å². The summed E-state index contributed by atoms with van der Waals surface area (Å²) in [5.41, 5.74) is 2.29. The Bertz CT molecular complexity index is 564. The molecular weight excluding hydrogens is 577 g/mol. The Morgan fingerprint density at radius 2 is 0.784 bits per heavy atom. The zero-order chi connectivity index (χ0) is 24.6. The first-order chi connectivity index (χ1) is 16.1. The van der Waals surface area contributed by atoms with Gasteiger partial charge in [0.05, 0.1) is 0 Å². The molecule has 5 nitrogen and oxygen atoms in total. The second-order valence-corrected chi connectivity index (χ2v) is 8.20. The minimum atomic E-state index is 0. The van der Waals surface area contributed by atoms with Crippen molar-refractivity contribution < 1.29 is 43.3 Å². The normalized spacial score (nSPS) is 13.1. The summed E-state index contributed by atoms with van der Waals surface area (Å²) < 4.78 is 0. The van der Waals surface area contributed by atoms with Gasteiger partial charge < -0.3 is 41.4 Å². The van der Waals surface area contributed by atoms with Gasteiger partial charge in [0.25, 0.3) is 0 Å². The molecule has 0 amide bonds. The number of hydrogen-bond donors (Lipinski definition) is 1. The molecule has 2 aromatic carbocycles. The van der Waals surface area contributed by atoms with E-state index < -0.39 is 0 Å². The number of rotatable bonds is 4. The van der Waals surface area contributed by atoms with E-state index in [9.17, 15) is 0 Å². The van der Waals surface area contributed by atoms with Crippen LogP contribution in [0.4, 0.5) is 11.4 Å². The van der Waals surface area contributed by atoms with Gasteiger partial charge in [-0.15, -0.1) is 23.5 Å². The van der Waals surface area contributed by atoms with E-state index >= 15 is 0 Å². The molecule has 2 aliphatic rings. The van der Waals surface area contributed by atoms with Gasteiger partial charge in [-0.2, -0.15) is 28.2 Å². The minimum Gasteiger partial charge on any atom is -0.682 e. The second-order valence-electron chi connectivity index (χ2n) is 8.20. The second kappa shape index (κ2) is 35.3. The molecule has 7 heteroatoms. The van der Waals surface area contributed by atoms with Crippen molar-refractivity contribution in [2.75, 3.05) is 42.3 Å². The van der Waals surface area contributed by atoms with E-state index in [0.29, 0.717) is 12.1 Å². The number of nitrogens with one attached hydrogen (secondary N) is 1. The van der Waals surface area contributed by atoms with Gasteiger partial charge in [0.1, 0.15) is 0 Å². The molecule has 1 N–H and O–H groups in total. The van der Waals surface area contributed by atoms with Gasteiger partial charge in [-0.3, -0.25) is 0 Å². The standard InChI is InChI=1S/2C11H14N.C2H7N.2C2H6N.2CH3.Fe.Zr/c2*1-2-6-10(7-3-1)12-11-8-4-5-9-11;3*1-3-2;;;;/h2*1-3,6-7,11H,4-5,8-9H2;3H,1-2H3;2*1-2H3;2*1H3;;/q2*-1;;4*-1;+2;+4. The van der Waals surface area contributed by atoms with Gasteiger partial charge in [0.2, 0.25) is 0 Å². The fraction of sp³-hybridized carbons (Fsp3) is 0.533. The summed E-state index contributed by atoms with van der Waals surface area (Å²) >= 11 is 0. The van der Waals surface area contributed by atoms with Gasteiger partial charge in [0, 0.05) is 0 Å². The summed E-state index contributed by atoms with van der Waals surface area (Å²) in [5, 5.41) is 19.1. The topological polar surface area (TPSA) is 68.4 Å². The van der Waals surface area contributed by atoms with Crippen LogP contribution < -0.4 is 5.32 Å². The summed E-state index contributed by atoms with van der Waals surface area (Å²) in [7, 11) is 10.8. The van der Waals surface area contributed by atoms with Gasteiger partial charge in [-0.1, -0.05) is 112 Å². The SMILES string of the molecule is CNC.C[N-]C.C[N-]C.[CH3-].[CH3-].[Fe+2].[Zr+4].c1ccc([N-]C2CCCC2)cc1.c1ccc([N-]C2CCCC2)cc1. The van der Waals surface area contributed by atoms with Gasteiger partial charge in [-0.05, 0) is 14.1 Å².